The van der Waals surface area contributed by atoms with Crippen LogP contribution < -0.4 is 10.1 Å². The molecule has 0 spiro atoms. The summed E-state index contributed by atoms with van der Waals surface area (Å²) in [5, 5.41) is 2.96. The smallest absolute Gasteiger partial charge is 0.224 e. The van der Waals surface area contributed by atoms with Crippen LogP contribution in [0.2, 0.25) is 5.02 Å². The third kappa shape index (κ3) is 4.14. The second-order valence-electron chi connectivity index (χ2n) is 7.86. The molecule has 3 atom stereocenters. The standard InChI is InChI=1S/C21H24Cl2N2O3S/c1-14-13-25(10-9-24-14)20-11-15-3-4-16(22)12-19(15)21(20,23)28-17-5-7-18(8-6-17)29(2,26)27/h3-8,12,14,20,24H,9-11,13H2,1-2H3/t14-,20-,21+/m0/s1. The second kappa shape index (κ2) is 7.75. The van der Waals surface area contributed by atoms with Gasteiger partial charge in [0.25, 0.3) is 0 Å². The highest BCUT2D eigenvalue weighted by Gasteiger charge is 2.51. The molecule has 1 N–H and O–H groups in total. The van der Waals surface area contributed by atoms with E-state index in [2.05, 4.69) is 17.1 Å². The van der Waals surface area contributed by atoms with Crippen LogP contribution in [0.4, 0.5) is 0 Å². The summed E-state index contributed by atoms with van der Waals surface area (Å²) in [6.45, 7) is 4.80. The molecular formula is C21H24Cl2N2O3S. The molecular weight excluding hydrogens is 431 g/mol. The van der Waals surface area contributed by atoms with Crippen LogP contribution in [0.3, 0.4) is 0 Å². The zero-order chi connectivity index (χ0) is 20.8. The first-order valence-electron chi connectivity index (χ1n) is 9.61. The van der Waals surface area contributed by atoms with Crippen LogP contribution in [0.1, 0.15) is 18.1 Å². The van der Waals surface area contributed by atoms with E-state index < -0.39 is 14.9 Å². The van der Waals surface area contributed by atoms with Crippen molar-refractivity contribution in [3.8, 4) is 5.75 Å². The van der Waals surface area contributed by atoms with E-state index in [1.54, 1.807) is 24.3 Å². The lowest BCUT2D eigenvalue weighted by Gasteiger charge is -2.42. The summed E-state index contributed by atoms with van der Waals surface area (Å²) < 4.78 is 29.9. The molecule has 156 valence electrons. The van der Waals surface area contributed by atoms with Gasteiger partial charge in [-0.3, -0.25) is 4.90 Å². The van der Waals surface area contributed by atoms with E-state index in [9.17, 15) is 8.42 Å². The summed E-state index contributed by atoms with van der Waals surface area (Å²) in [5.74, 6) is 0.522. The van der Waals surface area contributed by atoms with E-state index in [1.807, 2.05) is 18.2 Å². The number of nitrogens with one attached hydrogen (secondary N) is 1. The Bertz CT molecular complexity index is 1010. The molecule has 2 aromatic carbocycles. The molecule has 5 nitrogen and oxygen atoms in total. The van der Waals surface area contributed by atoms with Crippen molar-refractivity contribution in [2.24, 2.45) is 0 Å². The maximum Gasteiger partial charge on any atom is 0.224 e. The number of piperazine rings is 1. The van der Waals surface area contributed by atoms with E-state index in [0.717, 1.165) is 37.2 Å². The van der Waals surface area contributed by atoms with Crippen LogP contribution in [-0.4, -0.2) is 51.3 Å². The van der Waals surface area contributed by atoms with Crippen molar-refractivity contribution in [2.75, 3.05) is 25.9 Å². The lowest BCUT2D eigenvalue weighted by molar-refractivity contribution is 0.0310. The molecule has 0 radical (unpaired) electrons. The van der Waals surface area contributed by atoms with E-state index >= 15 is 0 Å². The van der Waals surface area contributed by atoms with Gasteiger partial charge < -0.3 is 10.1 Å². The van der Waals surface area contributed by atoms with Gasteiger partial charge in [0.05, 0.1) is 10.9 Å². The summed E-state index contributed by atoms with van der Waals surface area (Å²) in [6.07, 6.45) is 1.95. The highest BCUT2D eigenvalue weighted by Crippen LogP contribution is 2.47. The number of benzene rings is 2. The molecule has 8 heteroatoms. The molecule has 1 aliphatic carbocycles. The Morgan fingerprint density at radius 1 is 1.21 bits per heavy atom. The van der Waals surface area contributed by atoms with Gasteiger partial charge in [0.1, 0.15) is 5.75 Å². The number of hydrogen-bond acceptors (Lipinski definition) is 5. The Labute approximate surface area is 181 Å². The monoisotopic (exact) mass is 454 g/mol. The minimum atomic E-state index is -3.27. The Hall–Kier alpha value is -1.31. The molecule has 2 aromatic rings. The van der Waals surface area contributed by atoms with Crippen molar-refractivity contribution in [1.29, 1.82) is 0 Å². The molecule has 0 unspecified atom stereocenters. The average molecular weight is 455 g/mol. The van der Waals surface area contributed by atoms with Crippen LogP contribution in [0, 0.1) is 0 Å². The van der Waals surface area contributed by atoms with Gasteiger partial charge in [-0.15, -0.1) is 0 Å². The van der Waals surface area contributed by atoms with Gasteiger partial charge >= 0.3 is 0 Å². The van der Waals surface area contributed by atoms with Crippen LogP contribution in [0.5, 0.6) is 5.75 Å². The first-order chi connectivity index (χ1) is 13.7. The van der Waals surface area contributed by atoms with Crippen molar-refractivity contribution in [3.63, 3.8) is 0 Å². The Balaban J connectivity index is 1.70. The maximum atomic E-state index is 11.7. The van der Waals surface area contributed by atoms with Gasteiger partial charge in [0.2, 0.25) is 5.06 Å². The number of sulfone groups is 1. The van der Waals surface area contributed by atoms with Crippen LogP contribution in [0.15, 0.2) is 47.4 Å². The zero-order valence-corrected chi connectivity index (χ0v) is 18.7. The average Bonchev–Trinajstić information content (AvgIpc) is 2.93. The van der Waals surface area contributed by atoms with Gasteiger partial charge in [-0.25, -0.2) is 8.42 Å². The van der Waals surface area contributed by atoms with Crippen LogP contribution in [-0.2, 0) is 21.3 Å². The molecule has 2 aliphatic rings. The lowest BCUT2D eigenvalue weighted by Crippen LogP contribution is -2.57. The second-order valence-corrected chi connectivity index (χ2v) is 10.9. The summed E-state index contributed by atoms with van der Waals surface area (Å²) >= 11 is 13.5. The number of fused-ring (bicyclic) bond motifs is 1. The van der Waals surface area contributed by atoms with Crippen molar-refractivity contribution in [3.05, 3.63) is 58.6 Å². The first-order valence-corrected chi connectivity index (χ1v) is 12.3. The summed E-state index contributed by atoms with van der Waals surface area (Å²) in [6, 6.07) is 12.5. The number of ether oxygens (including phenoxy) is 1. The van der Waals surface area contributed by atoms with Gasteiger partial charge in [-0.2, -0.15) is 0 Å². The van der Waals surface area contributed by atoms with Gasteiger partial charge in [-0.05, 0) is 55.3 Å². The molecule has 1 saturated heterocycles. The SMILES string of the molecule is C[C@H]1CN([C@H]2Cc3ccc(Cl)cc3[C@@]2(Cl)Oc2ccc(S(C)(=O)=O)cc2)CCN1. The number of hydrogen-bond donors (Lipinski definition) is 1. The normalized spacial score (nSPS) is 27.6. The van der Waals surface area contributed by atoms with Crippen LogP contribution in [0.25, 0.3) is 0 Å². The Morgan fingerprint density at radius 2 is 1.93 bits per heavy atom. The predicted octanol–water partition coefficient (Wildman–Crippen LogP) is 3.43. The minimum Gasteiger partial charge on any atom is -0.466 e. The quantitative estimate of drug-likeness (QED) is 0.716. The fourth-order valence-electron chi connectivity index (χ4n) is 4.22. The summed E-state index contributed by atoms with van der Waals surface area (Å²) in [5.41, 5.74) is 1.99. The topological polar surface area (TPSA) is 58.6 Å². The first kappa shape index (κ1) is 20.9. The third-order valence-corrected chi connectivity index (χ3v) is 7.54. The Kier molecular flexibility index (Phi) is 5.59. The maximum absolute atomic E-state index is 11.7. The Morgan fingerprint density at radius 3 is 2.59 bits per heavy atom. The summed E-state index contributed by atoms with van der Waals surface area (Å²) in [7, 11) is -3.27. The number of rotatable bonds is 4. The largest absolute Gasteiger partial charge is 0.466 e. The highest BCUT2D eigenvalue weighted by molar-refractivity contribution is 7.90. The number of halogens is 2. The van der Waals surface area contributed by atoms with Crippen molar-refractivity contribution < 1.29 is 13.2 Å². The summed E-state index contributed by atoms with van der Waals surface area (Å²) in [4.78, 5) is 2.61. The highest BCUT2D eigenvalue weighted by atomic mass is 35.5. The lowest BCUT2D eigenvalue weighted by atomic mass is 10.1. The molecule has 4 rings (SSSR count). The molecule has 0 bridgehead atoms. The fourth-order valence-corrected chi connectivity index (χ4v) is 5.50. The van der Waals surface area contributed by atoms with Gasteiger partial charge in [-0.1, -0.05) is 29.3 Å². The van der Waals surface area contributed by atoms with Crippen molar-refractivity contribution >= 4 is 33.0 Å². The zero-order valence-electron chi connectivity index (χ0n) is 16.4. The van der Waals surface area contributed by atoms with Crippen LogP contribution >= 0.6 is 23.2 Å². The van der Waals surface area contributed by atoms with Crippen molar-refractivity contribution in [2.45, 2.75) is 35.4 Å². The molecule has 0 amide bonds. The van der Waals surface area contributed by atoms with Gasteiger partial charge in [0.15, 0.2) is 9.84 Å². The van der Waals surface area contributed by atoms with E-state index in [0.29, 0.717) is 16.8 Å². The van der Waals surface area contributed by atoms with Crippen molar-refractivity contribution in [1.82, 2.24) is 10.2 Å². The number of nitrogens with zero attached hydrogens (tertiary/aromatic N) is 1. The molecule has 0 aromatic heterocycles. The predicted molar refractivity (Wildman–Crippen MR) is 116 cm³/mol. The molecule has 1 heterocycles. The number of alkyl halides is 1. The minimum absolute atomic E-state index is 0.0585. The van der Waals surface area contributed by atoms with E-state index in [-0.39, 0.29) is 10.9 Å². The molecule has 0 saturated carbocycles. The molecule has 1 aliphatic heterocycles. The molecule has 1 fully saturated rings. The van der Waals surface area contributed by atoms with E-state index in [1.165, 1.54) is 6.26 Å². The van der Waals surface area contributed by atoms with E-state index in [4.69, 9.17) is 27.9 Å². The molecule has 29 heavy (non-hydrogen) atoms. The van der Waals surface area contributed by atoms with Gasteiger partial charge in [0, 0.05) is 42.5 Å². The fraction of sp³-hybridized carbons (Fsp3) is 0.429. The third-order valence-electron chi connectivity index (χ3n) is 5.64.